The summed E-state index contributed by atoms with van der Waals surface area (Å²) >= 11 is 0. The largest absolute Gasteiger partial charge is 0.353 e. The first kappa shape index (κ1) is 13.7. The number of hydrogen-bond donors (Lipinski definition) is 1. The summed E-state index contributed by atoms with van der Waals surface area (Å²) in [5.41, 5.74) is 0.446. The maximum Gasteiger partial charge on any atom is 0.224 e. The van der Waals surface area contributed by atoms with E-state index in [9.17, 15) is 9.18 Å². The zero-order valence-corrected chi connectivity index (χ0v) is 10.7. The van der Waals surface area contributed by atoms with Crippen LogP contribution in [-0.2, 0) is 11.2 Å². The van der Waals surface area contributed by atoms with Gasteiger partial charge < -0.3 is 5.32 Å². The van der Waals surface area contributed by atoms with Gasteiger partial charge in [0.1, 0.15) is 5.82 Å². The van der Waals surface area contributed by atoms with Crippen molar-refractivity contribution in [2.75, 3.05) is 0 Å². The molecule has 0 aliphatic heterocycles. The molecule has 0 fully saturated rings. The van der Waals surface area contributed by atoms with Crippen molar-refractivity contribution in [1.29, 1.82) is 0 Å². The van der Waals surface area contributed by atoms with Crippen molar-refractivity contribution in [3.63, 3.8) is 0 Å². The Hall–Kier alpha value is -1.38. The maximum absolute atomic E-state index is 13.3. The Labute approximate surface area is 102 Å². The van der Waals surface area contributed by atoms with Crippen LogP contribution < -0.4 is 5.32 Å². The Morgan fingerprint density at radius 2 is 1.94 bits per heavy atom. The molecule has 0 saturated heterocycles. The van der Waals surface area contributed by atoms with Crippen LogP contribution in [0.25, 0.3) is 0 Å². The van der Waals surface area contributed by atoms with E-state index in [4.69, 9.17) is 0 Å². The average molecular weight is 237 g/mol. The quantitative estimate of drug-likeness (QED) is 0.838. The van der Waals surface area contributed by atoms with Crippen LogP contribution in [0.4, 0.5) is 4.39 Å². The average Bonchev–Trinajstić information content (AvgIpc) is 2.19. The highest BCUT2D eigenvalue weighted by Crippen LogP contribution is 2.08. The van der Waals surface area contributed by atoms with Gasteiger partial charge in [-0.25, -0.2) is 4.39 Å². The lowest BCUT2D eigenvalue weighted by Gasteiger charge is -2.16. The molecular weight excluding hydrogens is 217 g/mol. The third-order valence-corrected chi connectivity index (χ3v) is 2.54. The van der Waals surface area contributed by atoms with Crippen molar-refractivity contribution in [3.8, 4) is 0 Å². The summed E-state index contributed by atoms with van der Waals surface area (Å²) in [6, 6.07) is 6.51. The molecular formula is C14H20FNO. The molecule has 0 spiro atoms. The number of amides is 1. The van der Waals surface area contributed by atoms with Gasteiger partial charge in [0.05, 0.1) is 6.42 Å². The Morgan fingerprint density at radius 3 is 2.53 bits per heavy atom. The van der Waals surface area contributed by atoms with E-state index in [1.165, 1.54) is 6.07 Å². The summed E-state index contributed by atoms with van der Waals surface area (Å²) in [6.45, 7) is 6.19. The molecule has 0 unspecified atom stereocenters. The molecule has 1 atom stereocenters. The lowest BCUT2D eigenvalue weighted by atomic mass is 10.0. The van der Waals surface area contributed by atoms with Crippen LogP contribution in [0.5, 0.6) is 0 Å². The Morgan fingerprint density at radius 1 is 1.29 bits per heavy atom. The lowest BCUT2D eigenvalue weighted by molar-refractivity contribution is -0.121. The highest BCUT2D eigenvalue weighted by molar-refractivity contribution is 5.78. The van der Waals surface area contributed by atoms with Crippen LogP contribution in [-0.4, -0.2) is 11.9 Å². The minimum atomic E-state index is -0.320. The van der Waals surface area contributed by atoms with Gasteiger partial charge in [-0.2, -0.15) is 0 Å². The fourth-order valence-corrected chi connectivity index (χ4v) is 1.91. The molecule has 0 heterocycles. The highest BCUT2D eigenvalue weighted by Gasteiger charge is 2.11. The zero-order valence-electron chi connectivity index (χ0n) is 10.7. The van der Waals surface area contributed by atoms with E-state index >= 15 is 0 Å². The van der Waals surface area contributed by atoms with Gasteiger partial charge in [0.15, 0.2) is 0 Å². The van der Waals surface area contributed by atoms with Gasteiger partial charge in [-0.1, -0.05) is 32.0 Å². The third-order valence-electron chi connectivity index (χ3n) is 2.54. The second-order valence-electron chi connectivity index (χ2n) is 4.87. The van der Waals surface area contributed by atoms with E-state index < -0.39 is 0 Å². The van der Waals surface area contributed by atoms with E-state index in [0.29, 0.717) is 11.5 Å². The molecule has 0 aliphatic rings. The molecule has 0 saturated carbocycles. The first-order chi connectivity index (χ1) is 7.99. The van der Waals surface area contributed by atoms with Crippen LogP contribution in [0.15, 0.2) is 24.3 Å². The van der Waals surface area contributed by atoms with Crippen molar-refractivity contribution < 1.29 is 9.18 Å². The predicted molar refractivity (Wildman–Crippen MR) is 67.2 cm³/mol. The molecule has 0 radical (unpaired) electrons. The second-order valence-corrected chi connectivity index (χ2v) is 4.87. The SMILES string of the molecule is CC(C)C[C@@H](C)NC(=O)Cc1ccccc1F. The van der Waals surface area contributed by atoms with Crippen molar-refractivity contribution in [2.24, 2.45) is 5.92 Å². The summed E-state index contributed by atoms with van der Waals surface area (Å²) < 4.78 is 13.3. The highest BCUT2D eigenvalue weighted by atomic mass is 19.1. The van der Waals surface area contributed by atoms with E-state index in [0.717, 1.165) is 6.42 Å². The second kappa shape index (κ2) is 6.38. The molecule has 94 valence electrons. The van der Waals surface area contributed by atoms with E-state index in [2.05, 4.69) is 19.2 Å². The van der Waals surface area contributed by atoms with Crippen LogP contribution in [0.1, 0.15) is 32.8 Å². The molecule has 1 aromatic carbocycles. The molecule has 2 nitrogen and oxygen atoms in total. The monoisotopic (exact) mass is 237 g/mol. The van der Waals surface area contributed by atoms with Gasteiger partial charge in [-0.05, 0) is 30.9 Å². The molecule has 0 aromatic heterocycles. The van der Waals surface area contributed by atoms with Gasteiger partial charge in [-0.3, -0.25) is 4.79 Å². The number of hydrogen-bond acceptors (Lipinski definition) is 1. The van der Waals surface area contributed by atoms with Crippen LogP contribution in [0, 0.1) is 11.7 Å². The summed E-state index contributed by atoms with van der Waals surface area (Å²) in [5, 5.41) is 2.88. The standard InChI is InChI=1S/C14H20FNO/c1-10(2)8-11(3)16-14(17)9-12-6-4-5-7-13(12)15/h4-7,10-11H,8-9H2,1-3H3,(H,16,17)/t11-/m1/s1. The van der Waals surface area contributed by atoms with Crippen LogP contribution >= 0.6 is 0 Å². The molecule has 17 heavy (non-hydrogen) atoms. The molecule has 0 bridgehead atoms. The molecule has 1 amide bonds. The Bertz CT molecular complexity index is 376. The van der Waals surface area contributed by atoms with Gasteiger partial charge in [0.2, 0.25) is 5.91 Å². The molecule has 1 N–H and O–H groups in total. The van der Waals surface area contributed by atoms with Crippen molar-refractivity contribution in [2.45, 2.75) is 39.7 Å². The summed E-state index contributed by atoms with van der Waals surface area (Å²) in [7, 11) is 0. The number of carbonyl (C=O) groups is 1. The van der Waals surface area contributed by atoms with Crippen molar-refractivity contribution in [3.05, 3.63) is 35.6 Å². The summed E-state index contributed by atoms with van der Waals surface area (Å²) in [4.78, 5) is 11.7. The zero-order chi connectivity index (χ0) is 12.8. The first-order valence-corrected chi connectivity index (χ1v) is 6.01. The fourth-order valence-electron chi connectivity index (χ4n) is 1.91. The Balaban J connectivity index is 2.47. The number of halogens is 1. The van der Waals surface area contributed by atoms with Gasteiger partial charge in [-0.15, -0.1) is 0 Å². The molecule has 0 aliphatic carbocycles. The summed E-state index contributed by atoms with van der Waals surface area (Å²) in [6.07, 6.45) is 1.04. The number of rotatable bonds is 5. The van der Waals surface area contributed by atoms with E-state index in [1.807, 2.05) is 6.92 Å². The Kier molecular flexibility index (Phi) is 5.13. The number of nitrogens with one attached hydrogen (secondary N) is 1. The molecule has 1 aromatic rings. The topological polar surface area (TPSA) is 29.1 Å². The first-order valence-electron chi connectivity index (χ1n) is 6.01. The minimum absolute atomic E-state index is 0.106. The van der Waals surface area contributed by atoms with Gasteiger partial charge in [0.25, 0.3) is 0 Å². The normalized spacial score (nSPS) is 12.5. The number of carbonyl (C=O) groups excluding carboxylic acids is 1. The molecule has 1 rings (SSSR count). The fraction of sp³-hybridized carbons (Fsp3) is 0.500. The van der Waals surface area contributed by atoms with Crippen LogP contribution in [0.3, 0.4) is 0 Å². The lowest BCUT2D eigenvalue weighted by Crippen LogP contribution is -2.34. The van der Waals surface area contributed by atoms with E-state index in [-0.39, 0.29) is 24.2 Å². The predicted octanol–water partition coefficient (Wildman–Crippen LogP) is 2.92. The van der Waals surface area contributed by atoms with Crippen molar-refractivity contribution >= 4 is 5.91 Å². The third kappa shape index (κ3) is 4.98. The minimum Gasteiger partial charge on any atom is -0.353 e. The van der Waals surface area contributed by atoms with Crippen LogP contribution in [0.2, 0.25) is 0 Å². The van der Waals surface area contributed by atoms with Crippen molar-refractivity contribution in [1.82, 2.24) is 5.32 Å². The summed E-state index contributed by atoms with van der Waals surface area (Å²) in [5.74, 6) is 0.0983. The number of benzene rings is 1. The van der Waals surface area contributed by atoms with Gasteiger partial charge in [0, 0.05) is 6.04 Å². The van der Waals surface area contributed by atoms with Gasteiger partial charge >= 0.3 is 0 Å². The van der Waals surface area contributed by atoms with E-state index in [1.54, 1.807) is 18.2 Å². The maximum atomic E-state index is 13.3. The smallest absolute Gasteiger partial charge is 0.224 e. The molecule has 3 heteroatoms.